The Labute approximate surface area is 175 Å². The van der Waals surface area contributed by atoms with Crippen molar-refractivity contribution < 1.29 is 20.1 Å². The van der Waals surface area contributed by atoms with Gasteiger partial charge in [-0.15, -0.1) is 0 Å². The van der Waals surface area contributed by atoms with Gasteiger partial charge >= 0.3 is 5.97 Å². The number of benzene rings is 1. The van der Waals surface area contributed by atoms with E-state index in [-0.39, 0.29) is 25.3 Å². The standard InChI is InChI=1S/C22H32O4.Li/c1-2-3-4-5-6-7-10-21(24)19-15-12-18(13-16-19)14-17-20(23)9-8-11-22(25)26;/h6-7,12-17,20-21,23-24H,2-5,8-11H2,1H3,(H,25,26);/b7-6-,17-14-;/t20-,21?;/m0./s1. The summed E-state index contributed by atoms with van der Waals surface area (Å²) in [6.45, 7) is 2.19. The molecule has 0 amide bonds. The molecule has 4 nitrogen and oxygen atoms in total. The number of carboxylic acids is 1. The first-order valence-corrected chi connectivity index (χ1v) is 9.54. The molecular weight excluding hydrogens is 335 g/mol. The van der Waals surface area contributed by atoms with Crippen molar-refractivity contribution in [2.75, 3.05) is 0 Å². The first-order valence-electron chi connectivity index (χ1n) is 9.54. The minimum absolute atomic E-state index is 0. The molecule has 3 N–H and O–H groups in total. The van der Waals surface area contributed by atoms with E-state index < -0.39 is 18.2 Å². The first-order chi connectivity index (χ1) is 12.5. The molecule has 0 saturated heterocycles. The zero-order chi connectivity index (χ0) is 19.2. The van der Waals surface area contributed by atoms with Crippen LogP contribution >= 0.6 is 0 Å². The molecule has 0 heterocycles. The van der Waals surface area contributed by atoms with Crippen LogP contribution in [0.15, 0.2) is 42.5 Å². The second-order valence-corrected chi connectivity index (χ2v) is 6.60. The van der Waals surface area contributed by atoms with E-state index in [1.54, 1.807) is 6.08 Å². The van der Waals surface area contributed by atoms with Crippen molar-refractivity contribution in [2.45, 2.75) is 70.5 Å². The molecule has 145 valence electrons. The van der Waals surface area contributed by atoms with Crippen LogP contribution in [-0.4, -0.2) is 46.3 Å². The molecule has 0 aromatic heterocycles. The fourth-order valence-corrected chi connectivity index (χ4v) is 2.60. The zero-order valence-corrected chi connectivity index (χ0v) is 16.7. The van der Waals surface area contributed by atoms with Crippen molar-refractivity contribution in [1.29, 1.82) is 0 Å². The third-order valence-electron chi connectivity index (χ3n) is 4.22. The molecule has 1 rings (SSSR count). The summed E-state index contributed by atoms with van der Waals surface area (Å²) in [7, 11) is 0. The molecule has 0 fully saturated rings. The van der Waals surface area contributed by atoms with Crippen molar-refractivity contribution in [3.05, 3.63) is 53.6 Å². The number of carbonyl (C=O) groups is 1. The van der Waals surface area contributed by atoms with E-state index in [4.69, 9.17) is 5.11 Å². The van der Waals surface area contributed by atoms with Gasteiger partial charge in [-0.3, -0.25) is 4.79 Å². The smallest absolute Gasteiger partial charge is 0.303 e. The number of allylic oxidation sites excluding steroid dienone is 1. The molecule has 0 saturated carbocycles. The van der Waals surface area contributed by atoms with Crippen LogP contribution in [0.4, 0.5) is 0 Å². The summed E-state index contributed by atoms with van der Waals surface area (Å²) in [5.41, 5.74) is 1.82. The summed E-state index contributed by atoms with van der Waals surface area (Å²) in [4.78, 5) is 10.4. The van der Waals surface area contributed by atoms with Gasteiger partial charge in [0, 0.05) is 25.3 Å². The van der Waals surface area contributed by atoms with Crippen LogP contribution in [0.25, 0.3) is 6.08 Å². The maximum absolute atomic E-state index is 10.4. The first kappa shape index (κ1) is 25.7. The number of aliphatic hydroxyl groups excluding tert-OH is 2. The predicted molar refractivity (Wildman–Crippen MR) is 112 cm³/mol. The van der Waals surface area contributed by atoms with Gasteiger partial charge in [0.2, 0.25) is 0 Å². The molecule has 27 heavy (non-hydrogen) atoms. The molecular formula is C22H32LiO4. The number of unbranched alkanes of at least 4 members (excludes halogenated alkanes) is 3. The molecule has 0 spiro atoms. The quantitative estimate of drug-likeness (QED) is 0.273. The number of aliphatic hydroxyl groups is 2. The average molecular weight is 367 g/mol. The van der Waals surface area contributed by atoms with Gasteiger partial charge in [-0.05, 0) is 43.2 Å². The van der Waals surface area contributed by atoms with Gasteiger partial charge in [0.25, 0.3) is 0 Å². The van der Waals surface area contributed by atoms with Gasteiger partial charge in [0.1, 0.15) is 0 Å². The van der Waals surface area contributed by atoms with Crippen LogP contribution in [0.5, 0.6) is 0 Å². The van der Waals surface area contributed by atoms with Crippen molar-refractivity contribution in [1.82, 2.24) is 0 Å². The molecule has 0 bridgehead atoms. The van der Waals surface area contributed by atoms with Crippen molar-refractivity contribution in [2.24, 2.45) is 0 Å². The van der Waals surface area contributed by atoms with Gasteiger partial charge < -0.3 is 15.3 Å². The van der Waals surface area contributed by atoms with Crippen LogP contribution in [-0.2, 0) is 4.79 Å². The maximum atomic E-state index is 10.4. The third kappa shape index (κ3) is 12.7. The Morgan fingerprint density at radius 3 is 2.41 bits per heavy atom. The largest absolute Gasteiger partial charge is 0.481 e. The second kappa shape index (κ2) is 15.7. The molecule has 1 radical (unpaired) electrons. The normalized spacial score (nSPS) is 13.6. The minimum Gasteiger partial charge on any atom is -0.481 e. The van der Waals surface area contributed by atoms with Gasteiger partial charge in [0.05, 0.1) is 12.2 Å². The molecule has 5 heteroatoms. The Balaban J connectivity index is 0.00000676. The van der Waals surface area contributed by atoms with Gasteiger partial charge in [-0.2, -0.15) is 0 Å². The molecule has 2 atom stereocenters. The van der Waals surface area contributed by atoms with E-state index in [1.807, 2.05) is 36.4 Å². The van der Waals surface area contributed by atoms with Crippen molar-refractivity contribution >= 4 is 30.9 Å². The number of carboxylic acid groups (broad SMARTS) is 1. The SMILES string of the molecule is CCCCC/C=C\CC(O)c1ccc(/C=C\[C@@H](O)CCCC(=O)O)cc1.[Li]. The van der Waals surface area contributed by atoms with Crippen molar-refractivity contribution in [3.63, 3.8) is 0 Å². The second-order valence-electron chi connectivity index (χ2n) is 6.60. The van der Waals surface area contributed by atoms with E-state index >= 15 is 0 Å². The average Bonchev–Trinajstić information content (AvgIpc) is 2.63. The zero-order valence-electron chi connectivity index (χ0n) is 16.7. The van der Waals surface area contributed by atoms with E-state index in [1.165, 1.54) is 19.3 Å². The van der Waals surface area contributed by atoms with Crippen molar-refractivity contribution in [3.8, 4) is 0 Å². The van der Waals surface area contributed by atoms with E-state index in [9.17, 15) is 15.0 Å². The van der Waals surface area contributed by atoms with Gasteiger partial charge in [-0.25, -0.2) is 0 Å². The van der Waals surface area contributed by atoms with Crippen LogP contribution in [0.2, 0.25) is 0 Å². The number of hydrogen-bond acceptors (Lipinski definition) is 3. The summed E-state index contributed by atoms with van der Waals surface area (Å²) in [5, 5.41) is 28.6. The van der Waals surface area contributed by atoms with Crippen LogP contribution in [0.1, 0.15) is 75.5 Å². The number of hydrogen-bond donors (Lipinski definition) is 3. The summed E-state index contributed by atoms with van der Waals surface area (Å²) in [6, 6.07) is 7.60. The fourth-order valence-electron chi connectivity index (χ4n) is 2.60. The van der Waals surface area contributed by atoms with Crippen LogP contribution < -0.4 is 0 Å². The molecule has 1 aromatic carbocycles. The van der Waals surface area contributed by atoms with Crippen LogP contribution in [0, 0.1) is 0 Å². The Morgan fingerprint density at radius 2 is 1.78 bits per heavy atom. The van der Waals surface area contributed by atoms with Gasteiger partial charge in [-0.1, -0.05) is 68.3 Å². The fraction of sp³-hybridized carbons (Fsp3) is 0.500. The summed E-state index contributed by atoms with van der Waals surface area (Å²) in [5.74, 6) is -0.842. The third-order valence-corrected chi connectivity index (χ3v) is 4.22. The predicted octanol–water partition coefficient (Wildman–Crippen LogP) is 4.49. The Bertz CT molecular complexity index is 566. The molecule has 1 aromatic rings. The molecule has 0 aliphatic rings. The topological polar surface area (TPSA) is 77.8 Å². The summed E-state index contributed by atoms with van der Waals surface area (Å²) >= 11 is 0. The number of rotatable bonds is 13. The summed E-state index contributed by atoms with van der Waals surface area (Å²) < 4.78 is 0. The van der Waals surface area contributed by atoms with E-state index in [0.717, 1.165) is 17.5 Å². The Morgan fingerprint density at radius 1 is 1.07 bits per heavy atom. The monoisotopic (exact) mass is 367 g/mol. The Hall–Kier alpha value is -1.31. The number of aliphatic carboxylic acids is 1. The Kier molecular flexibility index (Phi) is 15.0. The molecule has 1 unspecified atom stereocenters. The van der Waals surface area contributed by atoms with Gasteiger partial charge in [0.15, 0.2) is 0 Å². The van der Waals surface area contributed by atoms with E-state index in [2.05, 4.69) is 13.0 Å². The van der Waals surface area contributed by atoms with Crippen LogP contribution in [0.3, 0.4) is 0 Å². The molecule has 0 aliphatic heterocycles. The minimum atomic E-state index is -0.842. The van der Waals surface area contributed by atoms with E-state index in [0.29, 0.717) is 19.3 Å². The molecule has 0 aliphatic carbocycles. The maximum Gasteiger partial charge on any atom is 0.303 e. The summed E-state index contributed by atoms with van der Waals surface area (Å²) in [6.07, 6.45) is 12.8.